The predicted molar refractivity (Wildman–Crippen MR) is 85.1 cm³/mol. The Kier molecular flexibility index (Phi) is 9.43. The lowest BCUT2D eigenvalue weighted by molar-refractivity contribution is -0.124. The molecule has 1 aliphatic rings. The lowest BCUT2D eigenvalue weighted by Gasteiger charge is -2.26. The minimum Gasteiger partial charge on any atom is -0.376 e. The third-order valence-electron chi connectivity index (χ3n) is 3.77. The maximum absolute atomic E-state index is 11.8. The van der Waals surface area contributed by atoms with Gasteiger partial charge in [-0.2, -0.15) is 0 Å². The minimum absolute atomic E-state index is 0. The van der Waals surface area contributed by atoms with Crippen LogP contribution in [0.3, 0.4) is 0 Å². The van der Waals surface area contributed by atoms with E-state index in [1.54, 1.807) is 0 Å². The molecule has 4 nitrogen and oxygen atoms in total. The van der Waals surface area contributed by atoms with Crippen LogP contribution in [-0.4, -0.2) is 31.2 Å². The van der Waals surface area contributed by atoms with E-state index in [4.69, 9.17) is 10.5 Å². The normalized spacial score (nSPS) is 18.8. The molecule has 1 aliphatic carbocycles. The molecule has 0 unspecified atom stereocenters. The number of nitrogens with one attached hydrogen (secondary N) is 1. The minimum atomic E-state index is -0.467. The zero-order valence-corrected chi connectivity index (χ0v) is 13.9. The zero-order chi connectivity index (χ0) is 14.3. The molecule has 0 aromatic heterocycles. The van der Waals surface area contributed by atoms with Crippen molar-refractivity contribution < 1.29 is 9.53 Å². The van der Waals surface area contributed by atoms with Gasteiger partial charge in [-0.05, 0) is 18.3 Å². The van der Waals surface area contributed by atoms with Crippen molar-refractivity contribution >= 4 is 18.3 Å². The van der Waals surface area contributed by atoms with Gasteiger partial charge in [-0.25, -0.2) is 0 Å². The number of rotatable bonds is 5. The fraction of sp³-hybridized carbons (Fsp3) is 0.933. The molecule has 1 rings (SSSR count). The molecular formula is C15H31ClN2O2. The second-order valence-corrected chi connectivity index (χ2v) is 6.62. The standard InChI is InChI=1S/C15H30N2O2.ClH/c1-15(2,3)13(16)14(18)17-10-11-19-12-8-6-4-5-7-9-12;/h12-13H,4-11,16H2,1-3H3,(H,17,18);1H/t13-;/m1./s1. The number of hydrogen-bond donors (Lipinski definition) is 2. The molecule has 0 bridgehead atoms. The van der Waals surface area contributed by atoms with Gasteiger partial charge in [0.15, 0.2) is 0 Å². The zero-order valence-electron chi connectivity index (χ0n) is 13.1. The van der Waals surface area contributed by atoms with Crippen LogP contribution in [0, 0.1) is 5.41 Å². The van der Waals surface area contributed by atoms with E-state index < -0.39 is 6.04 Å². The molecule has 1 fully saturated rings. The Labute approximate surface area is 129 Å². The van der Waals surface area contributed by atoms with Crippen molar-refractivity contribution in [3.63, 3.8) is 0 Å². The molecule has 0 heterocycles. The number of ether oxygens (including phenoxy) is 1. The Hall–Kier alpha value is -0.320. The smallest absolute Gasteiger partial charge is 0.237 e. The van der Waals surface area contributed by atoms with Gasteiger partial charge in [0, 0.05) is 6.54 Å². The summed E-state index contributed by atoms with van der Waals surface area (Å²) in [5.74, 6) is -0.0861. The lowest BCUT2D eigenvalue weighted by Crippen LogP contribution is -2.49. The van der Waals surface area contributed by atoms with Crippen LogP contribution in [0.15, 0.2) is 0 Å². The van der Waals surface area contributed by atoms with Crippen molar-refractivity contribution in [2.75, 3.05) is 13.2 Å². The first-order valence-corrected chi connectivity index (χ1v) is 7.56. The molecule has 5 heteroatoms. The number of nitrogens with two attached hydrogens (primary N) is 1. The van der Waals surface area contributed by atoms with Crippen LogP contribution < -0.4 is 11.1 Å². The van der Waals surface area contributed by atoms with Crippen molar-refractivity contribution in [1.29, 1.82) is 0 Å². The highest BCUT2D eigenvalue weighted by Gasteiger charge is 2.27. The number of carbonyl (C=O) groups is 1. The summed E-state index contributed by atoms with van der Waals surface area (Å²) in [5, 5.41) is 2.86. The van der Waals surface area contributed by atoms with Gasteiger partial charge in [0.2, 0.25) is 5.91 Å². The largest absolute Gasteiger partial charge is 0.376 e. The van der Waals surface area contributed by atoms with Gasteiger partial charge >= 0.3 is 0 Å². The van der Waals surface area contributed by atoms with Crippen LogP contribution in [-0.2, 0) is 9.53 Å². The molecule has 1 amide bonds. The van der Waals surface area contributed by atoms with Crippen LogP contribution in [0.25, 0.3) is 0 Å². The second kappa shape index (κ2) is 9.59. The molecule has 1 saturated carbocycles. The summed E-state index contributed by atoms with van der Waals surface area (Å²) >= 11 is 0. The lowest BCUT2D eigenvalue weighted by atomic mass is 9.87. The average molecular weight is 307 g/mol. The monoisotopic (exact) mass is 306 g/mol. The predicted octanol–water partition coefficient (Wildman–Crippen LogP) is 2.64. The summed E-state index contributed by atoms with van der Waals surface area (Å²) < 4.78 is 5.82. The van der Waals surface area contributed by atoms with Gasteiger partial charge in [0.05, 0.1) is 18.8 Å². The maximum atomic E-state index is 11.8. The molecule has 0 aromatic carbocycles. The summed E-state index contributed by atoms with van der Waals surface area (Å²) in [6, 6.07) is -0.467. The molecule has 3 N–H and O–H groups in total. The van der Waals surface area contributed by atoms with Crippen LogP contribution in [0.1, 0.15) is 59.3 Å². The van der Waals surface area contributed by atoms with Crippen molar-refractivity contribution in [3.8, 4) is 0 Å². The first-order chi connectivity index (χ1) is 8.91. The second-order valence-electron chi connectivity index (χ2n) is 6.62. The van der Waals surface area contributed by atoms with Crippen LogP contribution in [0.5, 0.6) is 0 Å². The summed E-state index contributed by atoms with van der Waals surface area (Å²) in [4.78, 5) is 11.8. The van der Waals surface area contributed by atoms with Crippen LogP contribution >= 0.6 is 12.4 Å². The van der Waals surface area contributed by atoms with Gasteiger partial charge < -0.3 is 15.8 Å². The highest BCUT2D eigenvalue weighted by molar-refractivity contribution is 5.85. The third kappa shape index (κ3) is 7.46. The summed E-state index contributed by atoms with van der Waals surface area (Å²) in [6.07, 6.45) is 7.91. The molecule has 0 aliphatic heterocycles. The topological polar surface area (TPSA) is 64.4 Å². The van der Waals surface area contributed by atoms with E-state index in [2.05, 4.69) is 5.32 Å². The number of hydrogen-bond acceptors (Lipinski definition) is 3. The van der Waals surface area contributed by atoms with E-state index in [1.807, 2.05) is 20.8 Å². The summed E-state index contributed by atoms with van der Waals surface area (Å²) in [6.45, 7) is 7.06. The first-order valence-electron chi connectivity index (χ1n) is 7.56. The fourth-order valence-electron chi connectivity index (χ4n) is 2.31. The van der Waals surface area contributed by atoms with Gasteiger partial charge in [0.1, 0.15) is 0 Å². The number of halogens is 1. The Morgan fingerprint density at radius 2 is 1.80 bits per heavy atom. The Morgan fingerprint density at radius 3 is 2.30 bits per heavy atom. The maximum Gasteiger partial charge on any atom is 0.237 e. The highest BCUT2D eigenvalue weighted by atomic mass is 35.5. The van der Waals surface area contributed by atoms with Crippen molar-refractivity contribution in [1.82, 2.24) is 5.32 Å². The Balaban J connectivity index is 0.00000361. The quantitative estimate of drug-likeness (QED) is 0.606. The fourth-order valence-corrected chi connectivity index (χ4v) is 2.31. The van der Waals surface area contributed by atoms with Crippen molar-refractivity contribution in [2.24, 2.45) is 11.1 Å². The SMILES string of the molecule is CC(C)(C)[C@H](N)C(=O)NCCOC1CCCCCC1.Cl. The summed E-state index contributed by atoms with van der Waals surface area (Å²) in [5.41, 5.74) is 5.68. The van der Waals surface area contributed by atoms with E-state index in [1.165, 1.54) is 25.7 Å². The van der Waals surface area contributed by atoms with Gasteiger partial charge in [0.25, 0.3) is 0 Å². The van der Waals surface area contributed by atoms with Gasteiger partial charge in [-0.3, -0.25) is 4.79 Å². The number of amides is 1. The van der Waals surface area contributed by atoms with Crippen LogP contribution in [0.2, 0.25) is 0 Å². The van der Waals surface area contributed by atoms with Crippen LogP contribution in [0.4, 0.5) is 0 Å². The molecule has 0 aromatic rings. The first kappa shape index (κ1) is 19.7. The Bertz CT molecular complexity index is 272. The van der Waals surface area contributed by atoms with E-state index >= 15 is 0 Å². The van der Waals surface area contributed by atoms with Gasteiger partial charge in [-0.1, -0.05) is 46.5 Å². The molecule has 0 spiro atoms. The van der Waals surface area contributed by atoms with E-state index in [0.717, 1.165) is 12.8 Å². The number of carbonyl (C=O) groups excluding carboxylic acids is 1. The Morgan fingerprint density at radius 1 is 1.25 bits per heavy atom. The third-order valence-corrected chi connectivity index (χ3v) is 3.77. The van der Waals surface area contributed by atoms with E-state index in [0.29, 0.717) is 19.3 Å². The van der Waals surface area contributed by atoms with E-state index in [9.17, 15) is 4.79 Å². The average Bonchev–Trinajstić information content (AvgIpc) is 2.60. The summed E-state index contributed by atoms with van der Waals surface area (Å²) in [7, 11) is 0. The molecule has 20 heavy (non-hydrogen) atoms. The van der Waals surface area contributed by atoms with Crippen molar-refractivity contribution in [2.45, 2.75) is 71.4 Å². The molecule has 0 saturated heterocycles. The van der Waals surface area contributed by atoms with E-state index in [-0.39, 0.29) is 23.7 Å². The molecular weight excluding hydrogens is 276 g/mol. The molecule has 120 valence electrons. The highest BCUT2D eigenvalue weighted by Crippen LogP contribution is 2.19. The molecule has 0 radical (unpaired) electrons. The van der Waals surface area contributed by atoms with Crippen molar-refractivity contribution in [3.05, 3.63) is 0 Å². The molecule has 1 atom stereocenters. The van der Waals surface area contributed by atoms with Gasteiger partial charge in [-0.15, -0.1) is 12.4 Å².